The zero-order valence-corrected chi connectivity index (χ0v) is 21.6. The van der Waals surface area contributed by atoms with Crippen LogP contribution in [0.2, 0.25) is 0 Å². The quantitative estimate of drug-likeness (QED) is 0.134. The van der Waals surface area contributed by atoms with Crippen molar-refractivity contribution in [2.45, 2.75) is 45.4 Å². The Morgan fingerprint density at radius 1 is 0.829 bits per heavy atom. The van der Waals surface area contributed by atoms with Crippen LogP contribution in [-0.2, 0) is 0 Å². The summed E-state index contributed by atoms with van der Waals surface area (Å²) in [5.74, 6) is 4.37. The van der Waals surface area contributed by atoms with Crippen molar-refractivity contribution in [3.63, 3.8) is 0 Å². The molecule has 0 unspecified atom stereocenters. The van der Waals surface area contributed by atoms with Crippen LogP contribution in [0.1, 0.15) is 51.0 Å². The highest BCUT2D eigenvalue weighted by Gasteiger charge is 2.15. The number of benzene rings is 3. The Kier molecular flexibility index (Phi) is 8.75. The standard InChI is InChI=1S/C24H25BrN2O2.C6H4/c1-3-5-6-7-8-9-17-28-19-15-13-18(14-16-19)23-26-27-24(29-23)21-11-10-12-22(25)20(21)4-2;1-2-5-4-6(5)3-1/h2,10-16H,3,5-9,17H2,1H3;1-4H. The molecule has 1 heterocycles. The first kappa shape index (κ1) is 24.8. The molecule has 4 nitrogen and oxygen atoms in total. The Morgan fingerprint density at radius 2 is 1.51 bits per heavy atom. The molecule has 2 aromatic carbocycles. The van der Waals surface area contributed by atoms with Gasteiger partial charge in [-0.3, -0.25) is 0 Å². The summed E-state index contributed by atoms with van der Waals surface area (Å²) in [5.41, 5.74) is 5.12. The smallest absolute Gasteiger partial charge is 0.249 e. The largest absolute Gasteiger partial charge is 0.494 e. The molecular weight excluding hydrogens is 500 g/mol. The number of hydrogen-bond acceptors (Lipinski definition) is 4. The molecular formula is C30H29BrN2O2. The summed E-state index contributed by atoms with van der Waals surface area (Å²) in [7, 11) is 0. The zero-order valence-electron chi connectivity index (χ0n) is 20.0. The second-order valence-corrected chi connectivity index (χ2v) is 9.29. The van der Waals surface area contributed by atoms with Crippen LogP contribution in [0, 0.1) is 12.3 Å². The third-order valence-corrected chi connectivity index (χ3v) is 6.45. The SMILES string of the molecule is C#Cc1c(Br)cccc1-c1nnc(-c2ccc(OCCCCCCCC)cc2)o1.c1cc2cc-2c1. The molecule has 0 spiro atoms. The number of ether oxygens (including phenoxy) is 1. The van der Waals surface area contributed by atoms with Gasteiger partial charge in [-0.2, -0.15) is 0 Å². The predicted molar refractivity (Wildman–Crippen MR) is 145 cm³/mol. The molecule has 2 aliphatic rings. The fourth-order valence-corrected chi connectivity index (χ4v) is 4.22. The van der Waals surface area contributed by atoms with Crippen molar-refractivity contribution in [1.29, 1.82) is 0 Å². The van der Waals surface area contributed by atoms with Gasteiger partial charge in [-0.15, -0.1) is 16.6 Å². The van der Waals surface area contributed by atoms with Gasteiger partial charge in [-0.1, -0.05) is 69.2 Å². The second-order valence-electron chi connectivity index (χ2n) is 8.44. The molecule has 0 radical (unpaired) electrons. The highest BCUT2D eigenvalue weighted by atomic mass is 79.9. The van der Waals surface area contributed by atoms with E-state index in [-0.39, 0.29) is 0 Å². The van der Waals surface area contributed by atoms with E-state index in [9.17, 15) is 0 Å². The van der Waals surface area contributed by atoms with E-state index in [1.165, 1.54) is 43.2 Å². The lowest BCUT2D eigenvalue weighted by Gasteiger charge is -2.06. The van der Waals surface area contributed by atoms with Gasteiger partial charge in [0.2, 0.25) is 11.8 Å². The summed E-state index contributed by atoms with van der Waals surface area (Å²) in [4.78, 5) is 0. The Balaban J connectivity index is 0.000000411. The molecule has 5 rings (SSSR count). The molecule has 35 heavy (non-hydrogen) atoms. The van der Waals surface area contributed by atoms with Crippen LogP contribution < -0.4 is 4.74 Å². The van der Waals surface area contributed by atoms with Crippen LogP contribution in [0.5, 0.6) is 5.75 Å². The number of nitrogens with zero attached hydrogens (tertiary/aromatic N) is 2. The first-order chi connectivity index (χ1) is 17.2. The minimum atomic E-state index is 0.401. The van der Waals surface area contributed by atoms with Crippen LogP contribution in [0.15, 0.2) is 75.6 Å². The van der Waals surface area contributed by atoms with E-state index < -0.39 is 0 Å². The molecule has 0 saturated heterocycles. The summed E-state index contributed by atoms with van der Waals surface area (Å²) < 4.78 is 12.5. The number of unbranched alkanes of at least 4 members (excludes halogenated alkanes) is 5. The number of terminal acetylenes is 1. The maximum atomic E-state index is 5.86. The van der Waals surface area contributed by atoms with Gasteiger partial charge in [0, 0.05) is 10.0 Å². The van der Waals surface area contributed by atoms with Crippen molar-refractivity contribution >= 4 is 15.9 Å². The van der Waals surface area contributed by atoms with Gasteiger partial charge in [0.15, 0.2) is 0 Å². The minimum absolute atomic E-state index is 0.401. The maximum absolute atomic E-state index is 5.86. The Hall–Kier alpha value is -3.36. The first-order valence-corrected chi connectivity index (χ1v) is 12.9. The predicted octanol–water partition coefficient (Wildman–Crippen LogP) is 8.55. The summed E-state index contributed by atoms with van der Waals surface area (Å²) in [6.07, 6.45) is 13.1. The molecule has 0 N–H and O–H groups in total. The molecule has 0 saturated carbocycles. The average molecular weight is 529 g/mol. The number of halogens is 1. The summed E-state index contributed by atoms with van der Waals surface area (Å²) in [5, 5.41) is 8.33. The lowest BCUT2D eigenvalue weighted by molar-refractivity contribution is 0.304. The van der Waals surface area contributed by atoms with Crippen molar-refractivity contribution in [3.8, 4) is 52.1 Å². The number of hydrogen-bond donors (Lipinski definition) is 0. The van der Waals surface area contributed by atoms with Crippen molar-refractivity contribution < 1.29 is 9.15 Å². The van der Waals surface area contributed by atoms with E-state index in [4.69, 9.17) is 15.6 Å². The van der Waals surface area contributed by atoms with Crippen LogP contribution in [0.25, 0.3) is 34.0 Å². The van der Waals surface area contributed by atoms with E-state index in [1.807, 2.05) is 42.5 Å². The average Bonchev–Trinajstić information content (AvgIpc) is 3.24. The molecule has 178 valence electrons. The Bertz CT molecular complexity index is 1270. The van der Waals surface area contributed by atoms with Gasteiger partial charge in [-0.25, -0.2) is 0 Å². The van der Waals surface area contributed by atoms with Gasteiger partial charge < -0.3 is 9.15 Å². The molecule has 3 aromatic rings. The van der Waals surface area contributed by atoms with Crippen molar-refractivity contribution in [3.05, 3.63) is 76.8 Å². The van der Waals surface area contributed by atoms with Crippen molar-refractivity contribution in [2.75, 3.05) is 6.61 Å². The normalized spacial score (nSPS) is 10.8. The van der Waals surface area contributed by atoms with E-state index in [2.05, 4.69) is 63.2 Å². The highest BCUT2D eigenvalue weighted by molar-refractivity contribution is 9.10. The van der Waals surface area contributed by atoms with E-state index in [0.717, 1.165) is 34.4 Å². The second kappa shape index (κ2) is 12.4. The van der Waals surface area contributed by atoms with Crippen molar-refractivity contribution in [2.24, 2.45) is 0 Å². The lowest BCUT2D eigenvalue weighted by atomic mass is 10.1. The third-order valence-electron chi connectivity index (χ3n) is 5.79. The minimum Gasteiger partial charge on any atom is -0.494 e. The van der Waals surface area contributed by atoms with Gasteiger partial charge in [0.25, 0.3) is 0 Å². The lowest BCUT2D eigenvalue weighted by Crippen LogP contribution is -1.97. The van der Waals surface area contributed by atoms with Crippen LogP contribution >= 0.6 is 15.9 Å². The third kappa shape index (κ3) is 6.83. The molecule has 0 amide bonds. The summed E-state index contributed by atoms with van der Waals surface area (Å²) in [6, 6.07) is 21.9. The maximum Gasteiger partial charge on any atom is 0.249 e. The fraction of sp³-hybridized carbons (Fsp3) is 0.267. The summed E-state index contributed by atoms with van der Waals surface area (Å²) >= 11 is 3.46. The van der Waals surface area contributed by atoms with Gasteiger partial charge in [0.1, 0.15) is 5.75 Å². The topological polar surface area (TPSA) is 48.2 Å². The fourth-order valence-electron chi connectivity index (χ4n) is 3.74. The van der Waals surface area contributed by atoms with E-state index >= 15 is 0 Å². The monoisotopic (exact) mass is 528 g/mol. The van der Waals surface area contributed by atoms with E-state index in [0.29, 0.717) is 17.3 Å². The Morgan fingerprint density at radius 3 is 2.17 bits per heavy atom. The van der Waals surface area contributed by atoms with Crippen molar-refractivity contribution in [1.82, 2.24) is 10.2 Å². The molecule has 0 fully saturated rings. The Labute approximate surface area is 215 Å². The molecule has 0 aliphatic heterocycles. The number of aromatic nitrogens is 2. The van der Waals surface area contributed by atoms with E-state index in [1.54, 1.807) is 0 Å². The number of fused-ring (bicyclic) bond motifs is 1. The zero-order chi connectivity index (χ0) is 24.5. The first-order valence-electron chi connectivity index (χ1n) is 12.1. The molecule has 2 aliphatic carbocycles. The molecule has 1 aromatic heterocycles. The molecule has 5 heteroatoms. The molecule has 0 bridgehead atoms. The highest BCUT2D eigenvalue weighted by Crippen LogP contribution is 2.33. The number of rotatable bonds is 10. The van der Waals surface area contributed by atoms with Gasteiger partial charge in [-0.05, 0) is 75.9 Å². The van der Waals surface area contributed by atoms with Crippen LogP contribution in [0.4, 0.5) is 0 Å². The molecule has 0 atom stereocenters. The van der Waals surface area contributed by atoms with Crippen LogP contribution in [0.3, 0.4) is 0 Å². The van der Waals surface area contributed by atoms with Gasteiger partial charge >= 0.3 is 0 Å². The van der Waals surface area contributed by atoms with Crippen LogP contribution in [-0.4, -0.2) is 16.8 Å². The summed E-state index contributed by atoms with van der Waals surface area (Å²) in [6.45, 7) is 2.98. The van der Waals surface area contributed by atoms with Gasteiger partial charge in [0.05, 0.1) is 17.7 Å².